The van der Waals surface area contributed by atoms with Crippen molar-refractivity contribution < 1.29 is 9.47 Å². The van der Waals surface area contributed by atoms with Crippen molar-refractivity contribution >= 4 is 17.3 Å². The number of benzene rings is 1. The normalized spacial score (nSPS) is 10.3. The zero-order chi connectivity index (χ0) is 12.1. The third-order valence-corrected chi connectivity index (χ3v) is 3.05. The highest BCUT2D eigenvalue weighted by Gasteiger charge is 2.11. The van der Waals surface area contributed by atoms with Gasteiger partial charge in [-0.15, -0.1) is 0 Å². The predicted molar refractivity (Wildman–Crippen MR) is 67.8 cm³/mol. The van der Waals surface area contributed by atoms with Crippen LogP contribution in [0.25, 0.3) is 0 Å². The fraction of sp³-hybridized carbons (Fsp3) is 0.500. The van der Waals surface area contributed by atoms with Crippen molar-refractivity contribution in [2.24, 2.45) is 0 Å². The number of anilines is 1. The van der Waals surface area contributed by atoms with E-state index in [2.05, 4.69) is 5.32 Å². The van der Waals surface area contributed by atoms with Gasteiger partial charge in [0.25, 0.3) is 0 Å². The summed E-state index contributed by atoms with van der Waals surface area (Å²) in [5, 5.41) is 4.05. The summed E-state index contributed by atoms with van der Waals surface area (Å²) in [5.41, 5.74) is 2.97. The monoisotopic (exact) mass is 243 g/mol. The van der Waals surface area contributed by atoms with Crippen LogP contribution in [-0.2, 0) is 4.74 Å². The standard InChI is InChI=1S/C12H18ClNO2/c1-8-7-10(16-4)12(9(2)11(8)13)14-5-6-15-3/h7,14H,5-6H2,1-4H3. The zero-order valence-electron chi connectivity index (χ0n) is 10.2. The van der Waals surface area contributed by atoms with Crippen LogP contribution in [0.2, 0.25) is 5.02 Å². The van der Waals surface area contributed by atoms with E-state index in [0.717, 1.165) is 34.1 Å². The third kappa shape index (κ3) is 2.80. The molecule has 16 heavy (non-hydrogen) atoms. The lowest BCUT2D eigenvalue weighted by atomic mass is 10.1. The topological polar surface area (TPSA) is 30.5 Å². The third-order valence-electron chi connectivity index (χ3n) is 2.47. The first-order chi connectivity index (χ1) is 7.61. The molecule has 0 spiro atoms. The Bertz CT molecular complexity index is 367. The Labute approximate surface area is 102 Å². The molecule has 1 aromatic rings. The SMILES string of the molecule is COCCNc1c(OC)cc(C)c(Cl)c1C. The second-order valence-electron chi connectivity index (χ2n) is 3.63. The van der Waals surface area contributed by atoms with Gasteiger partial charge in [-0.2, -0.15) is 0 Å². The molecule has 3 nitrogen and oxygen atoms in total. The zero-order valence-corrected chi connectivity index (χ0v) is 10.9. The van der Waals surface area contributed by atoms with E-state index in [4.69, 9.17) is 21.1 Å². The summed E-state index contributed by atoms with van der Waals surface area (Å²) in [6.07, 6.45) is 0. The number of methoxy groups -OCH3 is 2. The van der Waals surface area contributed by atoms with Crippen LogP contribution in [0.4, 0.5) is 5.69 Å². The Morgan fingerprint density at radius 2 is 2.00 bits per heavy atom. The second kappa shape index (κ2) is 5.97. The van der Waals surface area contributed by atoms with Crippen molar-refractivity contribution in [1.29, 1.82) is 0 Å². The molecule has 0 bridgehead atoms. The molecule has 0 aromatic heterocycles. The molecule has 0 saturated heterocycles. The molecule has 1 aromatic carbocycles. The number of aryl methyl sites for hydroxylation is 1. The van der Waals surface area contributed by atoms with Crippen molar-refractivity contribution in [3.05, 3.63) is 22.2 Å². The first-order valence-corrected chi connectivity index (χ1v) is 5.56. The molecule has 1 N–H and O–H groups in total. The molecule has 1 rings (SSSR count). The van der Waals surface area contributed by atoms with Gasteiger partial charge in [0, 0.05) is 18.7 Å². The number of halogens is 1. The molecular formula is C12H18ClNO2. The molecule has 0 amide bonds. The Hall–Kier alpha value is -0.930. The van der Waals surface area contributed by atoms with Crippen molar-refractivity contribution in [3.63, 3.8) is 0 Å². The summed E-state index contributed by atoms with van der Waals surface area (Å²) in [6, 6.07) is 1.93. The van der Waals surface area contributed by atoms with E-state index >= 15 is 0 Å². The van der Waals surface area contributed by atoms with E-state index in [1.165, 1.54) is 0 Å². The molecule has 0 radical (unpaired) electrons. The average molecular weight is 244 g/mol. The van der Waals surface area contributed by atoms with Gasteiger partial charge in [0.1, 0.15) is 5.75 Å². The van der Waals surface area contributed by atoms with Crippen LogP contribution < -0.4 is 10.1 Å². The van der Waals surface area contributed by atoms with Crippen LogP contribution in [0.3, 0.4) is 0 Å². The van der Waals surface area contributed by atoms with Gasteiger partial charge in [-0.25, -0.2) is 0 Å². The smallest absolute Gasteiger partial charge is 0.142 e. The number of hydrogen-bond donors (Lipinski definition) is 1. The van der Waals surface area contributed by atoms with Gasteiger partial charge in [-0.3, -0.25) is 0 Å². The number of rotatable bonds is 5. The largest absolute Gasteiger partial charge is 0.495 e. The summed E-state index contributed by atoms with van der Waals surface area (Å²) in [7, 11) is 3.33. The van der Waals surface area contributed by atoms with E-state index in [1.54, 1.807) is 14.2 Å². The highest BCUT2D eigenvalue weighted by molar-refractivity contribution is 6.32. The molecule has 0 unspecified atom stereocenters. The maximum Gasteiger partial charge on any atom is 0.142 e. The fourth-order valence-electron chi connectivity index (χ4n) is 1.58. The quantitative estimate of drug-likeness (QED) is 0.807. The molecule has 0 aliphatic heterocycles. The minimum Gasteiger partial charge on any atom is -0.495 e. The summed E-state index contributed by atoms with van der Waals surface area (Å²) in [6.45, 7) is 5.32. The van der Waals surface area contributed by atoms with E-state index < -0.39 is 0 Å². The van der Waals surface area contributed by atoms with E-state index in [1.807, 2.05) is 19.9 Å². The summed E-state index contributed by atoms with van der Waals surface area (Å²) in [4.78, 5) is 0. The van der Waals surface area contributed by atoms with Crippen LogP contribution in [0.5, 0.6) is 5.75 Å². The van der Waals surface area contributed by atoms with Crippen molar-refractivity contribution in [1.82, 2.24) is 0 Å². The van der Waals surface area contributed by atoms with Crippen LogP contribution in [0, 0.1) is 13.8 Å². The lowest BCUT2D eigenvalue weighted by Gasteiger charge is -2.16. The van der Waals surface area contributed by atoms with Crippen LogP contribution in [0.15, 0.2) is 6.07 Å². The van der Waals surface area contributed by atoms with Gasteiger partial charge in [0.15, 0.2) is 0 Å². The van der Waals surface area contributed by atoms with Crippen LogP contribution in [-0.4, -0.2) is 27.4 Å². The van der Waals surface area contributed by atoms with Crippen LogP contribution in [0.1, 0.15) is 11.1 Å². The lowest BCUT2D eigenvalue weighted by molar-refractivity contribution is 0.210. The molecular weight excluding hydrogens is 226 g/mol. The molecule has 0 atom stereocenters. The number of ether oxygens (including phenoxy) is 2. The van der Waals surface area contributed by atoms with Gasteiger partial charge in [-0.1, -0.05) is 11.6 Å². The maximum absolute atomic E-state index is 6.20. The van der Waals surface area contributed by atoms with E-state index in [-0.39, 0.29) is 0 Å². The highest BCUT2D eigenvalue weighted by Crippen LogP contribution is 2.35. The second-order valence-corrected chi connectivity index (χ2v) is 4.01. The van der Waals surface area contributed by atoms with Gasteiger partial charge >= 0.3 is 0 Å². The Kier molecular flexibility index (Phi) is 4.90. The van der Waals surface area contributed by atoms with Crippen LogP contribution >= 0.6 is 11.6 Å². The summed E-state index contributed by atoms with van der Waals surface area (Å²) >= 11 is 6.20. The Balaban J connectivity index is 3.00. The van der Waals surface area contributed by atoms with Crippen molar-refractivity contribution in [2.45, 2.75) is 13.8 Å². The van der Waals surface area contributed by atoms with Gasteiger partial charge in [0.2, 0.25) is 0 Å². The van der Waals surface area contributed by atoms with Crippen molar-refractivity contribution in [3.8, 4) is 5.75 Å². The fourth-order valence-corrected chi connectivity index (χ4v) is 1.73. The Morgan fingerprint density at radius 1 is 1.31 bits per heavy atom. The molecule has 0 aliphatic carbocycles. The van der Waals surface area contributed by atoms with Gasteiger partial charge < -0.3 is 14.8 Å². The molecule has 0 fully saturated rings. The molecule has 4 heteroatoms. The lowest BCUT2D eigenvalue weighted by Crippen LogP contribution is -2.10. The number of hydrogen-bond acceptors (Lipinski definition) is 3. The van der Waals surface area contributed by atoms with E-state index in [9.17, 15) is 0 Å². The Morgan fingerprint density at radius 3 is 2.56 bits per heavy atom. The summed E-state index contributed by atoms with van der Waals surface area (Å²) < 4.78 is 10.3. The molecule has 0 saturated carbocycles. The molecule has 0 heterocycles. The van der Waals surface area contributed by atoms with Gasteiger partial charge in [0.05, 0.1) is 19.4 Å². The van der Waals surface area contributed by atoms with E-state index in [0.29, 0.717) is 6.61 Å². The highest BCUT2D eigenvalue weighted by atomic mass is 35.5. The minimum atomic E-state index is 0.647. The first-order valence-electron chi connectivity index (χ1n) is 5.18. The first kappa shape index (κ1) is 13.1. The number of nitrogens with one attached hydrogen (secondary N) is 1. The molecule has 90 valence electrons. The average Bonchev–Trinajstić information content (AvgIpc) is 2.29. The predicted octanol–water partition coefficient (Wildman–Crippen LogP) is 3.02. The van der Waals surface area contributed by atoms with Gasteiger partial charge in [-0.05, 0) is 31.0 Å². The summed E-state index contributed by atoms with van der Waals surface area (Å²) in [5.74, 6) is 0.815. The molecule has 0 aliphatic rings. The minimum absolute atomic E-state index is 0.647. The van der Waals surface area contributed by atoms with Crippen molar-refractivity contribution in [2.75, 3.05) is 32.7 Å². The maximum atomic E-state index is 6.20.